The Labute approximate surface area is 100 Å². The molecule has 0 aliphatic heterocycles. The van der Waals surface area contributed by atoms with Crippen LogP contribution in [-0.2, 0) is 6.42 Å². The number of furan rings is 1. The van der Waals surface area contributed by atoms with Crippen LogP contribution in [0.4, 0.5) is 0 Å². The second-order valence-corrected chi connectivity index (χ2v) is 4.07. The topological polar surface area (TPSA) is 64.1 Å². The van der Waals surface area contributed by atoms with E-state index in [0.29, 0.717) is 17.8 Å². The number of aromatic nitrogens is 2. The first-order valence-corrected chi connectivity index (χ1v) is 5.81. The second-order valence-electron chi connectivity index (χ2n) is 4.07. The van der Waals surface area contributed by atoms with Crippen molar-refractivity contribution in [2.45, 2.75) is 33.2 Å². The molecule has 0 radical (unpaired) electrons. The van der Waals surface area contributed by atoms with Gasteiger partial charge in [0.25, 0.3) is 0 Å². The highest BCUT2D eigenvalue weighted by molar-refractivity contribution is 5.56. The maximum atomic E-state index is 5.22. The van der Waals surface area contributed by atoms with Crippen LogP contribution in [0.1, 0.15) is 25.5 Å². The summed E-state index contributed by atoms with van der Waals surface area (Å²) in [5.41, 5.74) is 0.885. The number of nitrogens with zero attached hydrogens (tertiary/aromatic N) is 2. The van der Waals surface area contributed by atoms with Crippen molar-refractivity contribution in [1.82, 2.24) is 15.5 Å². The average Bonchev–Trinajstić information content (AvgIpc) is 2.87. The fourth-order valence-corrected chi connectivity index (χ4v) is 1.75. The molecule has 17 heavy (non-hydrogen) atoms. The molecule has 0 saturated carbocycles. The van der Waals surface area contributed by atoms with Crippen molar-refractivity contribution < 1.29 is 8.94 Å². The lowest BCUT2D eigenvalue weighted by atomic mass is 10.2. The zero-order chi connectivity index (χ0) is 12.3. The first-order chi connectivity index (χ1) is 8.20. The molecule has 5 heteroatoms. The molecule has 1 unspecified atom stereocenters. The van der Waals surface area contributed by atoms with E-state index in [1.54, 1.807) is 6.26 Å². The Morgan fingerprint density at radius 1 is 1.47 bits per heavy atom. The van der Waals surface area contributed by atoms with Gasteiger partial charge in [0.15, 0.2) is 0 Å². The monoisotopic (exact) mass is 235 g/mol. The average molecular weight is 235 g/mol. The van der Waals surface area contributed by atoms with Gasteiger partial charge in [-0.05, 0) is 26.5 Å². The first-order valence-electron chi connectivity index (χ1n) is 5.81. The summed E-state index contributed by atoms with van der Waals surface area (Å²) in [5, 5.41) is 7.26. The molecule has 2 heterocycles. The summed E-state index contributed by atoms with van der Waals surface area (Å²) in [6, 6.07) is 2.18. The molecule has 1 atom stereocenters. The van der Waals surface area contributed by atoms with Gasteiger partial charge < -0.3 is 14.3 Å². The fraction of sp³-hybridized carbons (Fsp3) is 0.500. The quantitative estimate of drug-likeness (QED) is 0.860. The Balaban J connectivity index is 2.09. The van der Waals surface area contributed by atoms with Crippen molar-refractivity contribution in [2.24, 2.45) is 0 Å². The van der Waals surface area contributed by atoms with Crippen molar-refractivity contribution in [2.75, 3.05) is 6.54 Å². The molecule has 92 valence electrons. The van der Waals surface area contributed by atoms with Gasteiger partial charge in [0.05, 0.1) is 11.8 Å². The third-order valence-electron chi connectivity index (χ3n) is 2.60. The van der Waals surface area contributed by atoms with Crippen molar-refractivity contribution in [1.29, 1.82) is 0 Å². The van der Waals surface area contributed by atoms with E-state index in [1.165, 1.54) is 0 Å². The van der Waals surface area contributed by atoms with Crippen LogP contribution in [0.3, 0.4) is 0 Å². The van der Waals surface area contributed by atoms with Gasteiger partial charge in [-0.3, -0.25) is 0 Å². The van der Waals surface area contributed by atoms with Crippen LogP contribution in [0.2, 0.25) is 0 Å². The minimum Gasteiger partial charge on any atom is -0.469 e. The van der Waals surface area contributed by atoms with Gasteiger partial charge in [-0.15, -0.1) is 0 Å². The van der Waals surface area contributed by atoms with Crippen LogP contribution < -0.4 is 5.32 Å². The number of hydrogen-bond acceptors (Lipinski definition) is 5. The summed E-state index contributed by atoms with van der Waals surface area (Å²) in [6.45, 7) is 6.98. The lowest BCUT2D eigenvalue weighted by molar-refractivity contribution is 0.363. The van der Waals surface area contributed by atoms with Crippen molar-refractivity contribution in [3.8, 4) is 11.4 Å². The van der Waals surface area contributed by atoms with E-state index in [9.17, 15) is 0 Å². The van der Waals surface area contributed by atoms with Crippen LogP contribution >= 0.6 is 0 Å². The minimum absolute atomic E-state index is 0.332. The Morgan fingerprint density at radius 3 is 2.94 bits per heavy atom. The van der Waals surface area contributed by atoms with Gasteiger partial charge in [-0.2, -0.15) is 4.98 Å². The molecule has 1 N–H and O–H groups in total. The zero-order valence-electron chi connectivity index (χ0n) is 10.4. The molecule has 0 aliphatic carbocycles. The smallest absolute Gasteiger partial charge is 0.228 e. The van der Waals surface area contributed by atoms with E-state index < -0.39 is 0 Å². The molecule has 0 saturated heterocycles. The van der Waals surface area contributed by atoms with Gasteiger partial charge in [-0.1, -0.05) is 12.1 Å². The van der Waals surface area contributed by atoms with Crippen molar-refractivity contribution >= 4 is 0 Å². The minimum atomic E-state index is 0.332. The molecule has 0 aromatic carbocycles. The molecule has 0 amide bonds. The van der Waals surface area contributed by atoms with Crippen molar-refractivity contribution in [3.05, 3.63) is 24.0 Å². The molecule has 0 fully saturated rings. The Kier molecular flexibility index (Phi) is 3.58. The molecule has 2 rings (SSSR count). The third-order valence-corrected chi connectivity index (χ3v) is 2.60. The zero-order valence-corrected chi connectivity index (χ0v) is 10.4. The molecule has 0 aliphatic rings. The number of rotatable bonds is 5. The Bertz CT molecular complexity index is 476. The van der Waals surface area contributed by atoms with Gasteiger partial charge in [-0.25, -0.2) is 0 Å². The van der Waals surface area contributed by atoms with Gasteiger partial charge in [0.2, 0.25) is 11.7 Å². The number of aryl methyl sites for hydroxylation is 1. The summed E-state index contributed by atoms with van der Waals surface area (Å²) >= 11 is 0. The van der Waals surface area contributed by atoms with E-state index in [1.807, 2.05) is 13.0 Å². The van der Waals surface area contributed by atoms with E-state index in [0.717, 1.165) is 24.3 Å². The standard InChI is InChI=1S/C12H17N3O2/c1-4-13-8(2)7-11-14-12(15-17-11)10-5-6-16-9(10)3/h5-6,8,13H,4,7H2,1-3H3. The highest BCUT2D eigenvalue weighted by Gasteiger charge is 2.14. The molecular formula is C12H17N3O2. The summed E-state index contributed by atoms with van der Waals surface area (Å²) in [4.78, 5) is 4.36. The SMILES string of the molecule is CCNC(C)Cc1nc(-c2ccoc2C)no1. The van der Waals surface area contributed by atoms with Crippen LogP contribution in [0.15, 0.2) is 21.3 Å². The number of nitrogens with one attached hydrogen (secondary N) is 1. The molecule has 2 aromatic rings. The van der Waals surface area contributed by atoms with Gasteiger partial charge >= 0.3 is 0 Å². The summed E-state index contributed by atoms with van der Waals surface area (Å²) in [5.74, 6) is 2.04. The lowest BCUT2D eigenvalue weighted by Gasteiger charge is -2.07. The largest absolute Gasteiger partial charge is 0.469 e. The van der Waals surface area contributed by atoms with Gasteiger partial charge in [0, 0.05) is 12.5 Å². The molecule has 5 nitrogen and oxygen atoms in total. The van der Waals surface area contributed by atoms with Crippen LogP contribution in [0.5, 0.6) is 0 Å². The van der Waals surface area contributed by atoms with Gasteiger partial charge in [0.1, 0.15) is 5.76 Å². The van der Waals surface area contributed by atoms with Crippen LogP contribution in [0, 0.1) is 6.92 Å². The molecular weight excluding hydrogens is 218 g/mol. The predicted molar refractivity (Wildman–Crippen MR) is 63.6 cm³/mol. The fourth-order valence-electron chi connectivity index (χ4n) is 1.75. The second kappa shape index (κ2) is 5.14. The molecule has 0 bridgehead atoms. The third kappa shape index (κ3) is 2.74. The van der Waals surface area contributed by atoms with E-state index >= 15 is 0 Å². The number of likely N-dealkylation sites (N-methyl/N-ethyl adjacent to an activating group) is 1. The summed E-state index contributed by atoms with van der Waals surface area (Å²) < 4.78 is 10.4. The Morgan fingerprint density at radius 2 is 2.29 bits per heavy atom. The van der Waals surface area contributed by atoms with Crippen LogP contribution in [0.25, 0.3) is 11.4 Å². The lowest BCUT2D eigenvalue weighted by Crippen LogP contribution is -2.27. The maximum absolute atomic E-state index is 5.22. The predicted octanol–water partition coefficient (Wildman–Crippen LogP) is 2.18. The Hall–Kier alpha value is -1.62. The van der Waals surface area contributed by atoms with Crippen molar-refractivity contribution in [3.63, 3.8) is 0 Å². The first kappa shape index (κ1) is 11.9. The highest BCUT2D eigenvalue weighted by Crippen LogP contribution is 2.21. The molecule has 0 spiro atoms. The van der Waals surface area contributed by atoms with E-state index in [2.05, 4.69) is 29.3 Å². The maximum Gasteiger partial charge on any atom is 0.228 e. The van der Waals surface area contributed by atoms with Crippen LogP contribution in [-0.4, -0.2) is 22.7 Å². The summed E-state index contributed by atoms with van der Waals surface area (Å²) in [7, 11) is 0. The highest BCUT2D eigenvalue weighted by atomic mass is 16.5. The summed E-state index contributed by atoms with van der Waals surface area (Å²) in [6.07, 6.45) is 2.36. The molecule has 2 aromatic heterocycles. The van der Waals surface area contributed by atoms with E-state index in [4.69, 9.17) is 8.94 Å². The number of hydrogen-bond donors (Lipinski definition) is 1. The van der Waals surface area contributed by atoms with E-state index in [-0.39, 0.29) is 0 Å². The normalized spacial score (nSPS) is 12.9.